The summed E-state index contributed by atoms with van der Waals surface area (Å²) in [5.41, 5.74) is -1.54. The van der Waals surface area contributed by atoms with E-state index in [1.54, 1.807) is 48.2 Å². The zero-order chi connectivity index (χ0) is 25.4. The number of carbonyl (C=O) groups excluding carboxylic acids is 2. The predicted octanol–water partition coefficient (Wildman–Crippen LogP) is 2.61. The van der Waals surface area contributed by atoms with Crippen LogP contribution in [0, 0.1) is 22.7 Å². The molecule has 1 spiro atoms. The van der Waals surface area contributed by atoms with Crippen LogP contribution in [0.5, 0.6) is 0 Å². The van der Waals surface area contributed by atoms with Crippen molar-refractivity contribution in [3.63, 3.8) is 0 Å². The smallest absolute Gasteiger partial charge is 0.370 e. The molecule has 0 bridgehead atoms. The summed E-state index contributed by atoms with van der Waals surface area (Å²) in [5, 5.41) is 13.2. The quantitative estimate of drug-likeness (QED) is 0.661. The third-order valence-corrected chi connectivity index (χ3v) is 7.15. The Morgan fingerprint density at radius 2 is 1.97 bits per heavy atom. The van der Waals surface area contributed by atoms with Gasteiger partial charge in [0.2, 0.25) is 11.8 Å². The second kappa shape index (κ2) is 9.24. The maximum atomic E-state index is 13.5. The Morgan fingerprint density at radius 1 is 1.26 bits per heavy atom. The zero-order valence-electron chi connectivity index (χ0n) is 19.6. The fourth-order valence-corrected chi connectivity index (χ4v) is 5.22. The van der Waals surface area contributed by atoms with Crippen LogP contribution in [0.25, 0.3) is 0 Å². The van der Waals surface area contributed by atoms with Crippen molar-refractivity contribution >= 4 is 17.5 Å². The predicted molar refractivity (Wildman–Crippen MR) is 121 cm³/mol. The number of rotatable bonds is 4. The van der Waals surface area contributed by atoms with Crippen LogP contribution in [0.4, 0.5) is 18.9 Å². The van der Waals surface area contributed by atoms with E-state index in [9.17, 15) is 22.8 Å². The first-order valence-corrected chi connectivity index (χ1v) is 11.4. The average molecular weight is 489 g/mol. The van der Waals surface area contributed by atoms with E-state index in [4.69, 9.17) is 5.26 Å². The van der Waals surface area contributed by atoms with Crippen molar-refractivity contribution in [2.75, 3.05) is 45.2 Å². The van der Waals surface area contributed by atoms with Gasteiger partial charge in [-0.1, -0.05) is 0 Å². The summed E-state index contributed by atoms with van der Waals surface area (Å²) >= 11 is 0. The number of benzene rings is 1. The number of likely N-dealkylation sites (tertiary alicyclic amines) is 1. The number of hydrogen-bond donors (Lipinski definition) is 0. The summed E-state index contributed by atoms with van der Waals surface area (Å²) in [6.45, 7) is 1.75. The minimum atomic E-state index is -4.66. The lowest BCUT2D eigenvalue weighted by atomic mass is 9.70. The molecule has 2 aromatic rings. The minimum absolute atomic E-state index is 0.0594. The molecule has 35 heavy (non-hydrogen) atoms. The molecule has 0 aliphatic carbocycles. The molecule has 0 N–H and O–H groups in total. The van der Waals surface area contributed by atoms with Crippen LogP contribution in [0.3, 0.4) is 0 Å². The van der Waals surface area contributed by atoms with Gasteiger partial charge in [-0.3, -0.25) is 14.3 Å². The van der Waals surface area contributed by atoms with E-state index in [1.165, 1.54) is 17.0 Å². The van der Waals surface area contributed by atoms with E-state index in [0.29, 0.717) is 38.2 Å². The molecule has 3 heterocycles. The van der Waals surface area contributed by atoms with Crippen LogP contribution < -0.4 is 4.90 Å². The fourth-order valence-electron chi connectivity index (χ4n) is 5.22. The van der Waals surface area contributed by atoms with Gasteiger partial charge < -0.3 is 14.7 Å². The molecule has 0 saturated carbocycles. The number of halogens is 3. The van der Waals surface area contributed by atoms with Gasteiger partial charge in [0, 0.05) is 63.8 Å². The van der Waals surface area contributed by atoms with Gasteiger partial charge in [0.25, 0.3) is 0 Å². The minimum Gasteiger partial charge on any atom is -0.370 e. The molecule has 4 rings (SSSR count). The highest BCUT2D eigenvalue weighted by atomic mass is 19.4. The maximum absolute atomic E-state index is 13.5. The molecule has 2 fully saturated rings. The van der Waals surface area contributed by atoms with Crippen molar-refractivity contribution in [3.05, 3.63) is 47.8 Å². The Labute approximate surface area is 201 Å². The van der Waals surface area contributed by atoms with E-state index in [-0.39, 0.29) is 24.9 Å². The summed E-state index contributed by atoms with van der Waals surface area (Å²) < 4.78 is 42.2. The summed E-state index contributed by atoms with van der Waals surface area (Å²) in [6.07, 6.45) is -0.188. The van der Waals surface area contributed by atoms with Gasteiger partial charge in [0.05, 0.1) is 23.1 Å². The van der Waals surface area contributed by atoms with Crippen molar-refractivity contribution < 1.29 is 22.8 Å². The fraction of sp³-hybridized carbons (Fsp3) is 0.500. The van der Waals surface area contributed by atoms with Crippen molar-refractivity contribution in [2.24, 2.45) is 11.3 Å². The molecule has 1 aromatic heterocycles. The molecule has 2 saturated heterocycles. The van der Waals surface area contributed by atoms with E-state index in [0.717, 1.165) is 6.07 Å². The van der Waals surface area contributed by atoms with Gasteiger partial charge in [0.1, 0.15) is 6.54 Å². The highest BCUT2D eigenvalue weighted by molar-refractivity contribution is 5.81. The molecule has 11 heteroatoms. The largest absolute Gasteiger partial charge is 0.417 e. The number of carbonyl (C=O) groups is 2. The average Bonchev–Trinajstić information content (AvgIpc) is 3.46. The molecular formula is C24H27F3N6O2. The molecule has 186 valence electrons. The third-order valence-electron chi connectivity index (χ3n) is 7.15. The van der Waals surface area contributed by atoms with Crippen LogP contribution in [-0.4, -0.2) is 71.7 Å². The second-order valence-electron chi connectivity index (χ2n) is 9.45. The molecule has 2 aliphatic heterocycles. The number of nitrogens with zero attached hydrogens (tertiary/aromatic N) is 6. The molecule has 0 radical (unpaired) electrons. The van der Waals surface area contributed by atoms with Gasteiger partial charge >= 0.3 is 6.18 Å². The lowest BCUT2D eigenvalue weighted by Gasteiger charge is -2.42. The van der Waals surface area contributed by atoms with Crippen molar-refractivity contribution in [1.29, 1.82) is 5.26 Å². The summed E-state index contributed by atoms with van der Waals surface area (Å²) in [6, 6.07) is 7.04. The van der Waals surface area contributed by atoms with Gasteiger partial charge in [-0.05, 0) is 37.1 Å². The first-order chi connectivity index (χ1) is 16.5. The molecule has 2 amide bonds. The summed E-state index contributed by atoms with van der Waals surface area (Å²) in [7, 11) is 3.34. The SMILES string of the molecule is CN(C)C(=O)C1CN(c2ccc(C#N)c(C(F)(F)F)c2)CC12CCN(C(=O)Cn1cccn1)CC2. The Bertz CT molecular complexity index is 1130. The Hall–Kier alpha value is -3.55. The third kappa shape index (κ3) is 4.83. The summed E-state index contributed by atoms with van der Waals surface area (Å²) in [5.74, 6) is -0.546. The highest BCUT2D eigenvalue weighted by Crippen LogP contribution is 2.47. The molecule has 8 nitrogen and oxygen atoms in total. The van der Waals surface area contributed by atoms with Crippen LogP contribution in [0.15, 0.2) is 36.7 Å². The lowest BCUT2D eigenvalue weighted by Crippen LogP contribution is -2.50. The number of aromatic nitrogens is 2. The molecule has 1 aromatic carbocycles. The number of piperidine rings is 1. The summed E-state index contributed by atoms with van der Waals surface area (Å²) in [4.78, 5) is 30.9. The van der Waals surface area contributed by atoms with Gasteiger partial charge in [-0.2, -0.15) is 23.5 Å². The van der Waals surface area contributed by atoms with Crippen LogP contribution in [0.2, 0.25) is 0 Å². The molecule has 2 aliphatic rings. The van der Waals surface area contributed by atoms with E-state index < -0.39 is 28.6 Å². The number of alkyl halides is 3. The highest BCUT2D eigenvalue weighted by Gasteiger charge is 2.52. The first-order valence-electron chi connectivity index (χ1n) is 11.4. The van der Waals surface area contributed by atoms with Crippen molar-refractivity contribution in [1.82, 2.24) is 19.6 Å². The number of nitriles is 1. The van der Waals surface area contributed by atoms with Gasteiger partial charge in [-0.15, -0.1) is 0 Å². The molecule has 1 atom stereocenters. The lowest BCUT2D eigenvalue weighted by molar-refractivity contribution is -0.139. The van der Waals surface area contributed by atoms with Crippen molar-refractivity contribution in [3.8, 4) is 6.07 Å². The Balaban J connectivity index is 1.56. The topological polar surface area (TPSA) is 85.5 Å². The van der Waals surface area contributed by atoms with E-state index in [1.807, 2.05) is 4.90 Å². The molecule has 1 unspecified atom stereocenters. The monoisotopic (exact) mass is 488 g/mol. The van der Waals surface area contributed by atoms with Crippen molar-refractivity contribution in [2.45, 2.75) is 25.6 Å². The maximum Gasteiger partial charge on any atom is 0.417 e. The van der Waals surface area contributed by atoms with Gasteiger partial charge in [0.15, 0.2) is 0 Å². The zero-order valence-corrected chi connectivity index (χ0v) is 19.6. The van der Waals surface area contributed by atoms with Crippen LogP contribution in [-0.2, 0) is 22.3 Å². The van der Waals surface area contributed by atoms with Crippen LogP contribution in [0.1, 0.15) is 24.0 Å². The van der Waals surface area contributed by atoms with E-state index >= 15 is 0 Å². The number of hydrogen-bond acceptors (Lipinski definition) is 5. The van der Waals surface area contributed by atoms with E-state index in [2.05, 4.69) is 5.10 Å². The second-order valence-corrected chi connectivity index (χ2v) is 9.45. The normalized spacial score (nSPS) is 19.6. The number of anilines is 1. The Kier molecular flexibility index (Phi) is 6.49. The Morgan fingerprint density at radius 3 is 2.54 bits per heavy atom. The van der Waals surface area contributed by atoms with Gasteiger partial charge in [-0.25, -0.2) is 0 Å². The first kappa shape index (κ1) is 24.6. The van der Waals surface area contributed by atoms with Crippen LogP contribution >= 0.6 is 0 Å². The number of amides is 2. The standard InChI is InChI=1S/C24H27F3N6O2/c1-30(2)22(35)20-14-32(18-5-4-17(13-28)19(12-18)24(25,26)27)16-23(20)6-10-31(11-7-23)21(34)15-33-9-3-8-29-33/h3-5,8-9,12,20H,6-7,10-11,14-16H2,1-2H3. The molecular weight excluding hydrogens is 461 g/mol.